The molecule has 0 aromatic heterocycles. The Morgan fingerprint density at radius 2 is 2.13 bits per heavy atom. The zero-order chi connectivity index (χ0) is 11.4. The first-order valence-corrected chi connectivity index (χ1v) is 4.90. The van der Waals surface area contributed by atoms with E-state index in [1.807, 2.05) is 0 Å². The van der Waals surface area contributed by atoms with Crippen LogP contribution in [0.3, 0.4) is 0 Å². The number of aliphatic hydroxyl groups excluding tert-OH is 1. The number of aliphatic carboxylic acids is 1. The van der Waals surface area contributed by atoms with E-state index in [2.05, 4.69) is 5.32 Å². The summed E-state index contributed by atoms with van der Waals surface area (Å²) in [5.74, 6) is -0.677. The van der Waals surface area contributed by atoms with Gasteiger partial charge in [0, 0.05) is 13.6 Å². The third-order valence-corrected chi connectivity index (χ3v) is 2.35. The first kappa shape index (κ1) is 11.8. The van der Waals surface area contributed by atoms with E-state index in [1.165, 1.54) is 4.90 Å². The second-order valence-corrected chi connectivity index (χ2v) is 3.85. The molecule has 0 radical (unpaired) electrons. The summed E-state index contributed by atoms with van der Waals surface area (Å²) < 4.78 is 0. The van der Waals surface area contributed by atoms with Crippen LogP contribution in [0.25, 0.3) is 0 Å². The van der Waals surface area contributed by atoms with Gasteiger partial charge < -0.3 is 20.4 Å². The number of rotatable bonds is 5. The van der Waals surface area contributed by atoms with Crippen molar-refractivity contribution in [3.63, 3.8) is 0 Å². The summed E-state index contributed by atoms with van der Waals surface area (Å²) >= 11 is 0. The Hall–Kier alpha value is -1.30. The van der Waals surface area contributed by atoms with Crippen LogP contribution in [0.4, 0.5) is 4.79 Å². The van der Waals surface area contributed by atoms with E-state index < -0.39 is 24.6 Å². The molecule has 0 saturated heterocycles. The highest BCUT2D eigenvalue weighted by Crippen LogP contribution is 2.29. The molecule has 1 saturated carbocycles. The number of carbonyl (C=O) groups is 2. The van der Waals surface area contributed by atoms with Crippen LogP contribution in [0.2, 0.25) is 0 Å². The molecule has 0 aromatic carbocycles. The minimum Gasteiger partial charge on any atom is -0.480 e. The minimum absolute atomic E-state index is 0.455. The maximum atomic E-state index is 11.4. The number of hydrogen-bond donors (Lipinski definition) is 3. The van der Waals surface area contributed by atoms with Gasteiger partial charge in [0.2, 0.25) is 0 Å². The zero-order valence-corrected chi connectivity index (χ0v) is 8.64. The van der Waals surface area contributed by atoms with E-state index in [1.54, 1.807) is 7.05 Å². The molecule has 1 rings (SSSR count). The summed E-state index contributed by atoms with van der Waals surface area (Å²) in [5, 5.41) is 19.5. The van der Waals surface area contributed by atoms with Gasteiger partial charge in [-0.2, -0.15) is 0 Å². The summed E-state index contributed by atoms with van der Waals surface area (Å²) in [4.78, 5) is 23.4. The molecule has 15 heavy (non-hydrogen) atoms. The molecule has 1 aliphatic rings. The van der Waals surface area contributed by atoms with E-state index in [0.29, 0.717) is 12.5 Å². The van der Waals surface area contributed by atoms with Gasteiger partial charge in [-0.15, -0.1) is 0 Å². The smallest absolute Gasteiger partial charge is 0.328 e. The van der Waals surface area contributed by atoms with E-state index in [-0.39, 0.29) is 0 Å². The Kier molecular flexibility index (Phi) is 3.90. The molecule has 1 atom stereocenters. The average Bonchev–Trinajstić information content (AvgIpc) is 2.96. The number of carboxylic acid groups (broad SMARTS) is 1. The molecule has 0 unspecified atom stereocenters. The van der Waals surface area contributed by atoms with Gasteiger partial charge in [0.1, 0.15) is 0 Å². The summed E-state index contributed by atoms with van der Waals surface area (Å²) in [6, 6.07) is -1.68. The van der Waals surface area contributed by atoms with Gasteiger partial charge in [-0.25, -0.2) is 9.59 Å². The second-order valence-electron chi connectivity index (χ2n) is 3.85. The Morgan fingerprint density at radius 1 is 1.53 bits per heavy atom. The van der Waals surface area contributed by atoms with Crippen LogP contribution in [0.1, 0.15) is 12.8 Å². The SMILES string of the molecule is CN(CC1CC1)C(=O)N[C@H](CO)C(=O)O. The fourth-order valence-corrected chi connectivity index (χ4v) is 1.22. The minimum atomic E-state index is -1.23. The zero-order valence-electron chi connectivity index (χ0n) is 8.64. The van der Waals surface area contributed by atoms with Crippen molar-refractivity contribution < 1.29 is 19.8 Å². The lowest BCUT2D eigenvalue weighted by Gasteiger charge is -2.20. The van der Waals surface area contributed by atoms with Crippen LogP contribution in [-0.2, 0) is 4.79 Å². The fraction of sp³-hybridized carbons (Fsp3) is 0.778. The summed E-state index contributed by atoms with van der Waals surface area (Å²) in [6.07, 6.45) is 2.25. The number of hydrogen-bond acceptors (Lipinski definition) is 3. The molecule has 1 fully saturated rings. The summed E-state index contributed by atoms with van der Waals surface area (Å²) in [6.45, 7) is 0.0436. The van der Waals surface area contributed by atoms with Crippen LogP contribution in [0.15, 0.2) is 0 Å². The lowest BCUT2D eigenvalue weighted by molar-refractivity contribution is -0.140. The normalized spacial score (nSPS) is 16.9. The molecule has 2 amide bonds. The topological polar surface area (TPSA) is 89.9 Å². The quantitative estimate of drug-likeness (QED) is 0.577. The summed E-state index contributed by atoms with van der Waals surface area (Å²) in [5.41, 5.74) is 0. The van der Waals surface area contributed by atoms with Crippen LogP contribution in [0.5, 0.6) is 0 Å². The van der Waals surface area contributed by atoms with E-state index in [0.717, 1.165) is 12.8 Å². The van der Waals surface area contributed by atoms with Crippen molar-refractivity contribution in [2.45, 2.75) is 18.9 Å². The van der Waals surface area contributed by atoms with Crippen molar-refractivity contribution in [1.29, 1.82) is 0 Å². The molecule has 6 nitrogen and oxygen atoms in total. The van der Waals surface area contributed by atoms with Crippen molar-refractivity contribution in [2.75, 3.05) is 20.2 Å². The van der Waals surface area contributed by atoms with Crippen LogP contribution >= 0.6 is 0 Å². The molecule has 0 bridgehead atoms. The molecule has 0 heterocycles. The molecule has 0 aliphatic heterocycles. The molecule has 0 aromatic rings. The van der Waals surface area contributed by atoms with Gasteiger partial charge in [0.25, 0.3) is 0 Å². The van der Waals surface area contributed by atoms with Crippen molar-refractivity contribution in [3.8, 4) is 0 Å². The Bertz CT molecular complexity index is 252. The number of nitrogens with zero attached hydrogens (tertiary/aromatic N) is 1. The molecule has 6 heteroatoms. The third-order valence-electron chi connectivity index (χ3n) is 2.35. The molecule has 3 N–H and O–H groups in total. The highest BCUT2D eigenvalue weighted by molar-refractivity contribution is 5.82. The van der Waals surface area contributed by atoms with Crippen molar-refractivity contribution in [1.82, 2.24) is 10.2 Å². The number of amides is 2. The lowest BCUT2D eigenvalue weighted by Crippen LogP contribution is -2.48. The largest absolute Gasteiger partial charge is 0.480 e. The van der Waals surface area contributed by atoms with Gasteiger partial charge in [0.05, 0.1) is 6.61 Å². The number of carboxylic acids is 1. The standard InChI is InChI=1S/C9H16N2O4/c1-11(4-6-2-3-6)9(15)10-7(5-12)8(13)14/h6-7,12H,2-5H2,1H3,(H,10,15)(H,13,14)/t7-/m1/s1. The Morgan fingerprint density at radius 3 is 2.53 bits per heavy atom. The first-order chi connectivity index (χ1) is 7.04. The van der Waals surface area contributed by atoms with Crippen molar-refractivity contribution >= 4 is 12.0 Å². The first-order valence-electron chi connectivity index (χ1n) is 4.90. The average molecular weight is 216 g/mol. The highest BCUT2D eigenvalue weighted by Gasteiger charge is 2.26. The van der Waals surface area contributed by atoms with Gasteiger partial charge in [-0.3, -0.25) is 0 Å². The van der Waals surface area contributed by atoms with E-state index in [9.17, 15) is 9.59 Å². The highest BCUT2D eigenvalue weighted by atomic mass is 16.4. The van der Waals surface area contributed by atoms with Crippen LogP contribution in [-0.4, -0.2) is 53.4 Å². The van der Waals surface area contributed by atoms with Crippen LogP contribution < -0.4 is 5.32 Å². The molecule has 0 spiro atoms. The molecular formula is C9H16N2O4. The third kappa shape index (κ3) is 3.75. The van der Waals surface area contributed by atoms with Crippen molar-refractivity contribution in [3.05, 3.63) is 0 Å². The van der Waals surface area contributed by atoms with Gasteiger partial charge in [-0.1, -0.05) is 0 Å². The lowest BCUT2D eigenvalue weighted by atomic mass is 10.3. The number of nitrogens with one attached hydrogen (secondary N) is 1. The fourth-order valence-electron chi connectivity index (χ4n) is 1.22. The van der Waals surface area contributed by atoms with Crippen molar-refractivity contribution in [2.24, 2.45) is 5.92 Å². The van der Waals surface area contributed by atoms with Crippen LogP contribution in [0, 0.1) is 5.92 Å². The van der Waals surface area contributed by atoms with Gasteiger partial charge in [-0.05, 0) is 18.8 Å². The summed E-state index contributed by atoms with van der Waals surface area (Å²) in [7, 11) is 1.62. The number of carbonyl (C=O) groups excluding carboxylic acids is 1. The number of urea groups is 1. The monoisotopic (exact) mass is 216 g/mol. The van der Waals surface area contributed by atoms with E-state index in [4.69, 9.17) is 10.2 Å². The van der Waals surface area contributed by atoms with E-state index >= 15 is 0 Å². The second kappa shape index (κ2) is 4.97. The molecule has 86 valence electrons. The Balaban J connectivity index is 2.34. The maximum Gasteiger partial charge on any atom is 0.328 e. The van der Waals surface area contributed by atoms with Gasteiger partial charge >= 0.3 is 12.0 Å². The number of aliphatic hydroxyl groups is 1. The maximum absolute atomic E-state index is 11.4. The Labute approximate surface area is 87.9 Å². The van der Waals surface area contributed by atoms with Gasteiger partial charge in [0.15, 0.2) is 6.04 Å². The molecule has 1 aliphatic carbocycles. The predicted molar refractivity (Wildman–Crippen MR) is 52.4 cm³/mol. The predicted octanol–water partition coefficient (Wildman–Crippen LogP) is -0.517. The molecular weight excluding hydrogens is 200 g/mol.